The van der Waals surface area contributed by atoms with Gasteiger partial charge in [0.2, 0.25) is 0 Å². The van der Waals surface area contributed by atoms with E-state index in [1.165, 1.54) is 11.1 Å². The van der Waals surface area contributed by atoms with Gasteiger partial charge in [0.1, 0.15) is 5.75 Å². The Morgan fingerprint density at radius 3 is 2.46 bits per heavy atom. The van der Waals surface area contributed by atoms with Crippen LogP contribution < -0.4 is 5.32 Å². The number of phenolic OH excluding ortho intramolecular Hbond substituents is 1. The van der Waals surface area contributed by atoms with Crippen LogP contribution in [0.4, 0.5) is 0 Å². The maximum Gasteiger partial charge on any atom is 0.303 e. The van der Waals surface area contributed by atoms with Crippen molar-refractivity contribution in [1.82, 2.24) is 5.32 Å². The number of rotatable bonds is 17. The second-order valence-electron chi connectivity index (χ2n) is 15.6. The van der Waals surface area contributed by atoms with Crippen LogP contribution in [0.2, 0.25) is 0 Å². The molecule has 0 amide bonds. The Hall–Kier alpha value is -3.49. The number of aliphatic hydroxyl groups is 5. The van der Waals surface area contributed by atoms with Crippen molar-refractivity contribution in [2.75, 3.05) is 13.2 Å². The zero-order chi connectivity index (χ0) is 39.3. The summed E-state index contributed by atoms with van der Waals surface area (Å²) in [6.07, 6.45) is 8.36. The minimum atomic E-state index is -1.37. The van der Waals surface area contributed by atoms with Gasteiger partial charge in [-0.15, -0.1) is 0 Å². The molecule has 0 radical (unpaired) electrons. The number of β-amino-alcohol motifs (C(OH)–C–C–N with tert-alkyl or cyclic N) is 1. The van der Waals surface area contributed by atoms with Crippen LogP contribution in [0.25, 0.3) is 0 Å². The van der Waals surface area contributed by atoms with Crippen molar-refractivity contribution in [2.45, 2.75) is 146 Å². The molecule has 9 nitrogen and oxygen atoms in total. The maximum atomic E-state index is 12.3. The molecule has 1 heterocycles. The summed E-state index contributed by atoms with van der Waals surface area (Å²) in [5.74, 6) is 5.63. The molecule has 2 aromatic carbocycles. The Morgan fingerprint density at radius 2 is 1.78 bits per heavy atom. The molecule has 2 bridgehead atoms. The molecule has 8 atom stereocenters. The molecule has 4 rings (SSSR count). The number of phenols is 1. The number of benzene rings is 2. The van der Waals surface area contributed by atoms with Gasteiger partial charge in [-0.2, -0.15) is 0 Å². The van der Waals surface area contributed by atoms with Crippen LogP contribution in [0.3, 0.4) is 0 Å². The van der Waals surface area contributed by atoms with Gasteiger partial charge >= 0.3 is 5.97 Å². The van der Waals surface area contributed by atoms with Crippen LogP contribution in [0, 0.1) is 17.8 Å². The van der Waals surface area contributed by atoms with E-state index in [0.717, 1.165) is 60.8 Å². The summed E-state index contributed by atoms with van der Waals surface area (Å²) >= 11 is 0. The molecule has 1 aliphatic heterocycles. The number of unbranched alkanes of at least 4 members (excludes halogenated alkanes) is 3. The quantitative estimate of drug-likeness (QED) is 0.0710. The fourth-order valence-corrected chi connectivity index (χ4v) is 8.24. The van der Waals surface area contributed by atoms with Crippen molar-refractivity contribution in [3.63, 3.8) is 0 Å². The first-order valence-electron chi connectivity index (χ1n) is 20.0. The average Bonchev–Trinajstić information content (AvgIpc) is 3.15. The van der Waals surface area contributed by atoms with Crippen LogP contribution >= 0.6 is 0 Å². The normalized spacial score (nSPS) is 25.0. The lowest BCUT2D eigenvalue weighted by Crippen LogP contribution is -2.50. The summed E-state index contributed by atoms with van der Waals surface area (Å²) in [4.78, 5) is 11.3. The van der Waals surface area contributed by atoms with Crippen LogP contribution in [-0.2, 0) is 17.6 Å². The van der Waals surface area contributed by atoms with Crippen LogP contribution in [0.1, 0.15) is 125 Å². The molecule has 9 heteroatoms. The van der Waals surface area contributed by atoms with E-state index in [-0.39, 0.29) is 43.0 Å². The molecule has 0 aromatic heterocycles. The topological polar surface area (TPSA) is 171 Å². The lowest BCUT2D eigenvalue weighted by atomic mass is 9.72. The van der Waals surface area contributed by atoms with E-state index in [9.17, 15) is 40.5 Å². The third-order valence-corrected chi connectivity index (χ3v) is 11.3. The summed E-state index contributed by atoms with van der Waals surface area (Å²) in [6, 6.07) is 12.8. The van der Waals surface area contributed by atoms with Crippen LogP contribution in [0.15, 0.2) is 65.8 Å². The second kappa shape index (κ2) is 21.0. The molecule has 8 N–H and O–H groups in total. The zero-order valence-electron chi connectivity index (χ0n) is 32.4. The van der Waals surface area contributed by atoms with E-state index < -0.39 is 42.4 Å². The molecule has 2 aromatic rings. The fraction of sp³-hybridized carbons (Fsp3) is 0.578. The minimum absolute atomic E-state index is 0.0598. The number of aliphatic carboxylic acids is 1. The first kappa shape index (κ1) is 43.2. The molecule has 1 aliphatic carbocycles. The predicted octanol–water partition coefficient (Wildman–Crippen LogP) is 6.04. The van der Waals surface area contributed by atoms with E-state index in [2.05, 4.69) is 42.3 Å². The minimum Gasteiger partial charge on any atom is -0.508 e. The number of allylic oxidation sites excluding steroid dienone is 2. The predicted molar refractivity (Wildman–Crippen MR) is 212 cm³/mol. The molecule has 0 fully saturated rings. The van der Waals surface area contributed by atoms with E-state index in [0.29, 0.717) is 32.1 Å². The number of aliphatic hydroxyl groups excluding tert-OH is 4. The van der Waals surface area contributed by atoms with E-state index in [4.69, 9.17) is 0 Å². The van der Waals surface area contributed by atoms with Crippen molar-refractivity contribution in [3.8, 4) is 17.6 Å². The lowest BCUT2D eigenvalue weighted by Gasteiger charge is -2.40. The Labute approximate surface area is 321 Å². The summed E-state index contributed by atoms with van der Waals surface area (Å²) in [5.41, 5.74) is 4.71. The molecule has 0 saturated carbocycles. The Kier molecular flexibility index (Phi) is 16.8. The first-order valence-corrected chi connectivity index (χ1v) is 20.0. The van der Waals surface area contributed by atoms with E-state index in [1.807, 2.05) is 13.0 Å². The fourth-order valence-electron chi connectivity index (χ4n) is 8.24. The standard InChI is InChI=1S/C45H63NO8/c1-4-6-14-40(50)41(51)25-21-31-16-17-33-13-10-12-30(5-2)43(33)34-20-24-39(32-18-22-36(48)23-19-32)45(3,54)29-46-44(38(31)27-37(49)28-47)35(26-34)11-8-7-9-15-42(52)53/h10,12-13,18-19,21-23,25,34-35,37,39-41,44,46-51,54H,4-9,11,14-17,26-29H2,1-3H3,(H,52,53). The van der Waals surface area contributed by atoms with Gasteiger partial charge in [-0.25, -0.2) is 0 Å². The largest absolute Gasteiger partial charge is 0.508 e. The molecular weight excluding hydrogens is 682 g/mol. The summed E-state index contributed by atoms with van der Waals surface area (Å²) in [6.45, 7) is 5.64. The highest BCUT2D eigenvalue weighted by atomic mass is 16.4. The number of fused-ring (bicyclic) bond motifs is 5. The molecule has 0 saturated heterocycles. The Morgan fingerprint density at radius 1 is 1.02 bits per heavy atom. The van der Waals surface area contributed by atoms with Gasteiger partial charge in [-0.05, 0) is 110 Å². The summed E-state index contributed by atoms with van der Waals surface area (Å²) < 4.78 is 0. The summed E-state index contributed by atoms with van der Waals surface area (Å²) in [5, 5.41) is 78.4. The van der Waals surface area contributed by atoms with Gasteiger partial charge in [-0.3, -0.25) is 4.79 Å². The van der Waals surface area contributed by atoms with Gasteiger partial charge in [0.05, 0.1) is 36.4 Å². The Bertz CT molecular complexity index is 1620. The van der Waals surface area contributed by atoms with Gasteiger partial charge in [0, 0.05) is 24.9 Å². The summed E-state index contributed by atoms with van der Waals surface area (Å²) in [7, 11) is 0. The van der Waals surface area contributed by atoms with Crippen molar-refractivity contribution < 1.29 is 40.5 Å². The highest BCUT2D eigenvalue weighted by Crippen LogP contribution is 2.41. The molecule has 54 heavy (non-hydrogen) atoms. The second-order valence-corrected chi connectivity index (χ2v) is 15.6. The van der Waals surface area contributed by atoms with Crippen molar-refractivity contribution in [1.29, 1.82) is 0 Å². The van der Waals surface area contributed by atoms with Crippen LogP contribution in [0.5, 0.6) is 5.75 Å². The number of aryl methyl sites for hydroxylation is 2. The Balaban J connectivity index is 1.97. The van der Waals surface area contributed by atoms with Gasteiger partial charge in [0.25, 0.3) is 0 Å². The highest BCUT2D eigenvalue weighted by Gasteiger charge is 2.38. The number of hydrogen-bond donors (Lipinski definition) is 8. The van der Waals surface area contributed by atoms with Crippen molar-refractivity contribution in [3.05, 3.63) is 88.0 Å². The lowest BCUT2D eigenvalue weighted by molar-refractivity contribution is -0.137. The highest BCUT2D eigenvalue weighted by molar-refractivity contribution is 5.66. The van der Waals surface area contributed by atoms with Gasteiger partial charge < -0.3 is 41.1 Å². The number of hydrogen-bond acceptors (Lipinski definition) is 8. The maximum absolute atomic E-state index is 12.3. The van der Waals surface area contributed by atoms with Crippen LogP contribution in [-0.4, -0.2) is 84.8 Å². The van der Waals surface area contributed by atoms with Crippen molar-refractivity contribution in [2.24, 2.45) is 5.92 Å². The zero-order valence-corrected chi connectivity index (χ0v) is 32.4. The molecule has 296 valence electrons. The smallest absolute Gasteiger partial charge is 0.303 e. The molecule has 8 unspecified atom stereocenters. The van der Waals surface area contributed by atoms with E-state index >= 15 is 0 Å². The third kappa shape index (κ3) is 12.0. The number of carboxylic acid groups (broad SMARTS) is 1. The number of nitrogens with one attached hydrogen (secondary N) is 1. The molecular formula is C45H63NO8. The SMILES string of the molecule is CCCCC(O)C(O)C=CC1=C(CC(O)CO)C2NCC(C)(O)C(c3ccc(O)cc3)C#CC(CC2CCCCCC(=O)O)c2c(CC)cccc2CC1. The van der Waals surface area contributed by atoms with Gasteiger partial charge in [-0.1, -0.05) is 93.9 Å². The number of carboxylic acids is 1. The number of carbonyl (C=O) groups is 1. The van der Waals surface area contributed by atoms with E-state index in [1.54, 1.807) is 37.3 Å². The van der Waals surface area contributed by atoms with Gasteiger partial charge in [0.15, 0.2) is 0 Å². The average molecular weight is 746 g/mol. The van der Waals surface area contributed by atoms with Crippen molar-refractivity contribution >= 4 is 5.97 Å². The third-order valence-electron chi connectivity index (χ3n) is 11.3. The molecule has 2 aliphatic rings. The first-order chi connectivity index (χ1) is 25.9. The monoisotopic (exact) mass is 745 g/mol. The number of aromatic hydroxyl groups is 1. The molecule has 0 spiro atoms.